The highest BCUT2D eigenvalue weighted by atomic mass is 35.5. The maximum absolute atomic E-state index is 12.4. The van der Waals surface area contributed by atoms with E-state index in [9.17, 15) is 15.0 Å². The molecule has 9 atom stereocenters. The first-order chi connectivity index (χ1) is 11.6. The summed E-state index contributed by atoms with van der Waals surface area (Å²) in [6.45, 7) is 6.08. The van der Waals surface area contributed by atoms with Crippen LogP contribution in [-0.4, -0.2) is 33.1 Å². The fraction of sp³-hybridized carbons (Fsp3) is 0.952. The molecule has 2 N–H and O–H groups in total. The lowest BCUT2D eigenvalue weighted by Gasteiger charge is -2.61. The number of hydrogen-bond donors (Lipinski definition) is 2. The number of alkyl halides is 1. The van der Waals surface area contributed by atoms with Gasteiger partial charge >= 0.3 is 0 Å². The third-order valence-electron chi connectivity index (χ3n) is 9.35. The third kappa shape index (κ3) is 2.21. The Balaban J connectivity index is 1.67. The van der Waals surface area contributed by atoms with Crippen molar-refractivity contribution >= 4 is 17.4 Å². The molecule has 0 bridgehead atoms. The summed E-state index contributed by atoms with van der Waals surface area (Å²) >= 11 is 6.60. The topological polar surface area (TPSA) is 57.5 Å². The molecule has 4 aliphatic rings. The third-order valence-corrected chi connectivity index (χ3v) is 9.84. The fourth-order valence-corrected chi connectivity index (χ4v) is 8.43. The minimum absolute atomic E-state index is 0.120. The number of aliphatic hydroxyl groups is 2. The van der Waals surface area contributed by atoms with Crippen LogP contribution in [0.2, 0.25) is 0 Å². The Hall–Kier alpha value is -0.120. The van der Waals surface area contributed by atoms with Crippen molar-refractivity contribution in [2.45, 2.75) is 89.2 Å². The Kier molecular flexibility index (Phi) is 4.15. The first-order valence-electron chi connectivity index (χ1n) is 10.2. The van der Waals surface area contributed by atoms with Gasteiger partial charge in [-0.1, -0.05) is 13.8 Å². The van der Waals surface area contributed by atoms with Crippen LogP contribution >= 0.6 is 11.6 Å². The van der Waals surface area contributed by atoms with Gasteiger partial charge in [0, 0.05) is 5.41 Å². The highest BCUT2D eigenvalue weighted by Gasteiger charge is 2.69. The maximum Gasteiger partial charge on any atom is 0.163 e. The summed E-state index contributed by atoms with van der Waals surface area (Å²) in [4.78, 5) is 12.4. The van der Waals surface area contributed by atoms with Crippen molar-refractivity contribution in [3.05, 3.63) is 0 Å². The molecule has 0 aromatic carbocycles. The Morgan fingerprint density at radius 1 is 1.04 bits per heavy atom. The molecule has 0 aromatic heterocycles. The maximum atomic E-state index is 12.4. The zero-order valence-electron chi connectivity index (χ0n) is 15.8. The SMILES string of the molecule is CC(=O)[C@@]1(O)[C@H](Cl)C[C@H]2[C@@H]3CC[C@H]4C[C@H](O)CC[C@]4(C)[C@H]3CC[C@@]21C. The molecule has 0 heterocycles. The van der Waals surface area contributed by atoms with Gasteiger partial charge in [-0.05, 0) is 87.4 Å². The molecule has 4 fully saturated rings. The van der Waals surface area contributed by atoms with Crippen LogP contribution in [0.15, 0.2) is 0 Å². The molecule has 4 saturated carbocycles. The molecule has 0 spiro atoms. The second kappa shape index (κ2) is 5.69. The van der Waals surface area contributed by atoms with Crippen LogP contribution in [-0.2, 0) is 4.79 Å². The summed E-state index contributed by atoms with van der Waals surface area (Å²) in [7, 11) is 0. The lowest BCUT2D eigenvalue weighted by Crippen LogP contribution is -2.60. The van der Waals surface area contributed by atoms with Gasteiger partial charge in [0.2, 0.25) is 0 Å². The van der Waals surface area contributed by atoms with E-state index in [2.05, 4.69) is 13.8 Å². The van der Waals surface area contributed by atoms with Gasteiger partial charge in [0.05, 0.1) is 11.5 Å². The molecule has 4 heteroatoms. The predicted molar refractivity (Wildman–Crippen MR) is 98.4 cm³/mol. The highest BCUT2D eigenvalue weighted by Crippen LogP contribution is 2.68. The van der Waals surface area contributed by atoms with Crippen molar-refractivity contribution in [1.82, 2.24) is 0 Å². The molecule has 0 aromatic rings. The van der Waals surface area contributed by atoms with E-state index in [1.165, 1.54) is 13.3 Å². The van der Waals surface area contributed by atoms with E-state index in [1.54, 1.807) is 0 Å². The molecule has 0 radical (unpaired) electrons. The molecule has 0 amide bonds. The van der Waals surface area contributed by atoms with Gasteiger partial charge in [0.15, 0.2) is 5.78 Å². The molecular weight excluding hydrogens is 336 g/mol. The fourth-order valence-electron chi connectivity index (χ4n) is 7.84. The Morgan fingerprint density at radius 3 is 2.44 bits per heavy atom. The van der Waals surface area contributed by atoms with Crippen LogP contribution in [0.25, 0.3) is 0 Å². The van der Waals surface area contributed by atoms with Gasteiger partial charge in [0.25, 0.3) is 0 Å². The van der Waals surface area contributed by atoms with Crippen molar-refractivity contribution in [3.63, 3.8) is 0 Å². The normalized spacial score (nSPS) is 58.2. The van der Waals surface area contributed by atoms with Crippen molar-refractivity contribution in [2.24, 2.45) is 34.5 Å². The lowest BCUT2D eigenvalue weighted by molar-refractivity contribution is -0.170. The predicted octanol–water partition coefficient (Wildman–Crippen LogP) is 3.93. The summed E-state index contributed by atoms with van der Waals surface area (Å²) in [6.07, 6.45) is 7.95. The summed E-state index contributed by atoms with van der Waals surface area (Å²) in [5, 5.41) is 21.0. The van der Waals surface area contributed by atoms with E-state index in [1.807, 2.05) is 0 Å². The van der Waals surface area contributed by atoms with Crippen molar-refractivity contribution in [1.29, 1.82) is 0 Å². The van der Waals surface area contributed by atoms with Gasteiger partial charge in [0.1, 0.15) is 5.60 Å². The lowest BCUT2D eigenvalue weighted by atomic mass is 9.44. The number of aliphatic hydroxyl groups excluding tert-OH is 1. The second-order valence-electron chi connectivity index (χ2n) is 10.1. The molecule has 4 rings (SSSR count). The minimum Gasteiger partial charge on any atom is -0.393 e. The van der Waals surface area contributed by atoms with Crippen LogP contribution in [0.4, 0.5) is 0 Å². The van der Waals surface area contributed by atoms with E-state index in [0.29, 0.717) is 29.1 Å². The van der Waals surface area contributed by atoms with Gasteiger partial charge < -0.3 is 10.2 Å². The summed E-state index contributed by atoms with van der Waals surface area (Å²) in [5.74, 6) is 2.02. The van der Waals surface area contributed by atoms with Crippen molar-refractivity contribution < 1.29 is 15.0 Å². The number of Topliss-reactive ketones (excluding diaryl/α,β-unsaturated/α-hetero) is 1. The number of ketones is 1. The highest BCUT2D eigenvalue weighted by molar-refractivity contribution is 6.24. The Bertz CT molecular complexity index is 579. The molecule has 142 valence electrons. The monoisotopic (exact) mass is 368 g/mol. The number of rotatable bonds is 1. The van der Waals surface area contributed by atoms with Gasteiger partial charge in [-0.2, -0.15) is 0 Å². The van der Waals surface area contributed by atoms with Crippen LogP contribution < -0.4 is 0 Å². The summed E-state index contributed by atoms with van der Waals surface area (Å²) < 4.78 is 0. The molecule has 0 aliphatic heterocycles. The van der Waals surface area contributed by atoms with E-state index in [-0.39, 0.29) is 17.3 Å². The molecule has 25 heavy (non-hydrogen) atoms. The number of halogens is 1. The van der Waals surface area contributed by atoms with E-state index >= 15 is 0 Å². The molecule has 4 aliphatic carbocycles. The molecule has 3 nitrogen and oxygen atoms in total. The van der Waals surface area contributed by atoms with Gasteiger partial charge in [-0.25, -0.2) is 0 Å². The van der Waals surface area contributed by atoms with E-state index < -0.39 is 11.0 Å². The number of carbonyl (C=O) groups is 1. The quantitative estimate of drug-likeness (QED) is 0.689. The summed E-state index contributed by atoms with van der Waals surface area (Å²) in [5.41, 5.74) is -1.45. The number of carbonyl (C=O) groups excluding carboxylic acids is 1. The van der Waals surface area contributed by atoms with Crippen LogP contribution in [0.1, 0.15) is 72.1 Å². The van der Waals surface area contributed by atoms with Crippen molar-refractivity contribution in [3.8, 4) is 0 Å². The summed E-state index contributed by atoms with van der Waals surface area (Å²) in [6, 6.07) is 0. The molecular formula is C21H33ClO3. The number of fused-ring (bicyclic) bond motifs is 5. The minimum atomic E-state index is -1.37. The first-order valence-corrected chi connectivity index (χ1v) is 10.6. The van der Waals surface area contributed by atoms with E-state index in [0.717, 1.165) is 44.9 Å². The second-order valence-corrected chi connectivity index (χ2v) is 10.6. The van der Waals surface area contributed by atoms with Crippen molar-refractivity contribution in [2.75, 3.05) is 0 Å². The van der Waals surface area contributed by atoms with E-state index in [4.69, 9.17) is 11.6 Å². The average molecular weight is 369 g/mol. The Labute approximate surface area is 156 Å². The number of hydrogen-bond acceptors (Lipinski definition) is 3. The average Bonchev–Trinajstić information content (AvgIpc) is 2.77. The smallest absolute Gasteiger partial charge is 0.163 e. The first kappa shape index (κ1) is 18.3. The zero-order chi connectivity index (χ0) is 18.2. The molecule has 0 unspecified atom stereocenters. The van der Waals surface area contributed by atoms with Crippen LogP contribution in [0.5, 0.6) is 0 Å². The van der Waals surface area contributed by atoms with Crippen LogP contribution in [0, 0.1) is 34.5 Å². The van der Waals surface area contributed by atoms with Crippen LogP contribution in [0.3, 0.4) is 0 Å². The van der Waals surface area contributed by atoms with Gasteiger partial charge in [-0.15, -0.1) is 11.6 Å². The largest absolute Gasteiger partial charge is 0.393 e. The molecule has 0 saturated heterocycles. The Morgan fingerprint density at radius 2 is 1.76 bits per heavy atom. The standard InChI is InChI=1S/C21H33ClO3/c1-12(23)21(25)18(22)11-17-15-5-4-13-10-14(24)6-8-19(13,2)16(15)7-9-20(17,21)3/h13-18,24-25H,4-11H2,1-3H3/t13-,14+,15+,16-,17-,18+,19-,20-,21+/m0/s1. The van der Waals surface area contributed by atoms with Gasteiger partial charge in [-0.3, -0.25) is 4.79 Å². The zero-order valence-corrected chi connectivity index (χ0v) is 16.6.